The summed E-state index contributed by atoms with van der Waals surface area (Å²) in [6.45, 7) is 6.79. The maximum absolute atomic E-state index is 13.3. The molecule has 1 amide bonds. The average Bonchev–Trinajstić information content (AvgIpc) is 2.79. The summed E-state index contributed by atoms with van der Waals surface area (Å²) in [6.07, 6.45) is 2.26. The molecule has 164 valence electrons. The minimum absolute atomic E-state index is 0. The SMILES string of the molecule is CCN(CC1CCN(Cc2ccc(Cl)cc2)CC1)C(=O)c1cccc2ccccc12.Cl. The van der Waals surface area contributed by atoms with E-state index in [2.05, 4.69) is 36.1 Å². The second kappa shape index (κ2) is 11.0. The van der Waals surface area contributed by atoms with E-state index in [0.717, 1.165) is 66.9 Å². The van der Waals surface area contributed by atoms with Crippen molar-refractivity contribution in [2.45, 2.75) is 26.3 Å². The van der Waals surface area contributed by atoms with Crippen LogP contribution in [-0.4, -0.2) is 41.9 Å². The van der Waals surface area contributed by atoms with Crippen LogP contribution in [-0.2, 0) is 6.54 Å². The van der Waals surface area contributed by atoms with E-state index in [1.165, 1.54) is 5.56 Å². The molecule has 1 fully saturated rings. The Hall–Kier alpha value is -2.07. The van der Waals surface area contributed by atoms with E-state index in [1.54, 1.807) is 0 Å². The molecule has 1 aliphatic rings. The lowest BCUT2D eigenvalue weighted by atomic mass is 9.95. The number of nitrogens with zero attached hydrogens (tertiary/aromatic N) is 2. The molecular formula is C26H30Cl2N2O. The third-order valence-electron chi connectivity index (χ3n) is 6.19. The molecule has 3 aromatic carbocycles. The number of fused-ring (bicyclic) bond motifs is 1. The summed E-state index contributed by atoms with van der Waals surface area (Å²) in [4.78, 5) is 17.8. The lowest BCUT2D eigenvalue weighted by Gasteiger charge is -2.34. The molecule has 5 heteroatoms. The zero-order valence-electron chi connectivity index (χ0n) is 18.0. The fraction of sp³-hybridized carbons (Fsp3) is 0.346. The van der Waals surface area contributed by atoms with Crippen molar-refractivity contribution in [2.75, 3.05) is 26.2 Å². The number of hydrogen-bond acceptors (Lipinski definition) is 2. The van der Waals surface area contributed by atoms with Crippen LogP contribution in [0.4, 0.5) is 0 Å². The summed E-state index contributed by atoms with van der Waals surface area (Å²) in [6, 6.07) is 22.3. The lowest BCUT2D eigenvalue weighted by molar-refractivity contribution is 0.0700. The number of likely N-dealkylation sites (tertiary alicyclic amines) is 1. The number of amides is 1. The van der Waals surface area contributed by atoms with Crippen LogP contribution in [0.5, 0.6) is 0 Å². The van der Waals surface area contributed by atoms with Gasteiger partial charge in [-0.1, -0.05) is 60.1 Å². The van der Waals surface area contributed by atoms with E-state index in [1.807, 2.05) is 47.4 Å². The van der Waals surface area contributed by atoms with Gasteiger partial charge in [-0.3, -0.25) is 9.69 Å². The largest absolute Gasteiger partial charge is 0.339 e. The molecule has 0 aliphatic carbocycles. The summed E-state index contributed by atoms with van der Waals surface area (Å²) < 4.78 is 0. The monoisotopic (exact) mass is 456 g/mol. The first-order valence-corrected chi connectivity index (χ1v) is 11.3. The van der Waals surface area contributed by atoms with E-state index < -0.39 is 0 Å². The number of carbonyl (C=O) groups is 1. The van der Waals surface area contributed by atoms with Crippen LogP contribution < -0.4 is 0 Å². The van der Waals surface area contributed by atoms with Crippen molar-refractivity contribution in [3.05, 3.63) is 82.9 Å². The molecule has 0 radical (unpaired) electrons. The van der Waals surface area contributed by atoms with Crippen molar-refractivity contribution in [3.8, 4) is 0 Å². The van der Waals surface area contributed by atoms with E-state index in [-0.39, 0.29) is 18.3 Å². The Bertz CT molecular complexity index is 992. The second-order valence-electron chi connectivity index (χ2n) is 8.22. The summed E-state index contributed by atoms with van der Waals surface area (Å²) in [5, 5.41) is 2.95. The van der Waals surface area contributed by atoms with Crippen LogP contribution in [0, 0.1) is 5.92 Å². The van der Waals surface area contributed by atoms with Gasteiger partial charge in [-0.25, -0.2) is 0 Å². The number of hydrogen-bond donors (Lipinski definition) is 0. The molecular weight excluding hydrogens is 427 g/mol. The molecule has 0 N–H and O–H groups in total. The molecule has 4 rings (SSSR count). The van der Waals surface area contributed by atoms with Crippen molar-refractivity contribution < 1.29 is 4.79 Å². The van der Waals surface area contributed by atoms with Gasteiger partial charge < -0.3 is 4.90 Å². The molecule has 0 bridgehead atoms. The Labute approximate surface area is 196 Å². The van der Waals surface area contributed by atoms with Gasteiger partial charge in [0, 0.05) is 30.2 Å². The number of halogens is 2. The predicted octanol–water partition coefficient (Wildman–Crippen LogP) is 6.29. The number of benzene rings is 3. The maximum atomic E-state index is 13.3. The number of piperidine rings is 1. The van der Waals surface area contributed by atoms with Gasteiger partial charge in [0.15, 0.2) is 0 Å². The molecule has 0 unspecified atom stereocenters. The van der Waals surface area contributed by atoms with Crippen molar-refractivity contribution in [1.29, 1.82) is 0 Å². The standard InChI is InChI=1S/C26H29ClN2O.ClH/c1-2-29(26(30)25-9-5-7-22-6-3-4-8-24(22)25)19-21-14-16-28(17-15-21)18-20-10-12-23(27)13-11-20;/h3-13,21H,2,14-19H2,1H3;1H. The molecule has 0 aromatic heterocycles. The Morgan fingerprint density at radius 1 is 1.00 bits per heavy atom. The average molecular weight is 457 g/mol. The number of carbonyl (C=O) groups excluding carboxylic acids is 1. The van der Waals surface area contributed by atoms with Gasteiger partial charge >= 0.3 is 0 Å². The van der Waals surface area contributed by atoms with Crippen molar-refractivity contribution in [2.24, 2.45) is 5.92 Å². The van der Waals surface area contributed by atoms with Crippen molar-refractivity contribution in [1.82, 2.24) is 9.80 Å². The quantitative estimate of drug-likeness (QED) is 0.434. The highest BCUT2D eigenvalue weighted by molar-refractivity contribution is 6.30. The lowest BCUT2D eigenvalue weighted by Crippen LogP contribution is -2.40. The second-order valence-corrected chi connectivity index (χ2v) is 8.65. The van der Waals surface area contributed by atoms with Gasteiger partial charge in [0.1, 0.15) is 0 Å². The first-order valence-electron chi connectivity index (χ1n) is 10.9. The van der Waals surface area contributed by atoms with Crippen molar-refractivity contribution in [3.63, 3.8) is 0 Å². The smallest absolute Gasteiger partial charge is 0.254 e. The van der Waals surface area contributed by atoms with E-state index in [4.69, 9.17) is 11.6 Å². The van der Waals surface area contributed by atoms with E-state index in [0.29, 0.717) is 5.92 Å². The van der Waals surface area contributed by atoms with Crippen LogP contribution in [0.3, 0.4) is 0 Å². The van der Waals surface area contributed by atoms with E-state index in [9.17, 15) is 4.79 Å². The minimum atomic E-state index is 0. The summed E-state index contributed by atoms with van der Waals surface area (Å²) in [5.74, 6) is 0.711. The highest BCUT2D eigenvalue weighted by atomic mass is 35.5. The fourth-order valence-electron chi connectivity index (χ4n) is 4.42. The zero-order valence-corrected chi connectivity index (χ0v) is 19.5. The fourth-order valence-corrected chi connectivity index (χ4v) is 4.55. The number of rotatable bonds is 6. The first-order chi connectivity index (χ1) is 14.6. The highest BCUT2D eigenvalue weighted by Gasteiger charge is 2.24. The summed E-state index contributed by atoms with van der Waals surface area (Å²) >= 11 is 5.99. The van der Waals surface area contributed by atoms with Crippen molar-refractivity contribution >= 4 is 40.7 Å². The Kier molecular flexibility index (Phi) is 8.36. The molecule has 1 saturated heterocycles. The third-order valence-corrected chi connectivity index (χ3v) is 6.45. The van der Waals surface area contributed by atoms with Gasteiger partial charge in [0.05, 0.1) is 0 Å². The summed E-state index contributed by atoms with van der Waals surface area (Å²) in [7, 11) is 0. The normalized spacial score (nSPS) is 14.9. The van der Waals surface area contributed by atoms with E-state index >= 15 is 0 Å². The van der Waals surface area contributed by atoms with Crippen LogP contribution in [0.15, 0.2) is 66.7 Å². The Morgan fingerprint density at radius 3 is 2.39 bits per heavy atom. The molecule has 3 aromatic rings. The summed E-state index contributed by atoms with van der Waals surface area (Å²) in [5.41, 5.74) is 2.12. The molecule has 0 saturated carbocycles. The van der Waals surface area contributed by atoms with Gasteiger partial charge in [-0.05, 0) is 73.3 Å². The molecule has 31 heavy (non-hydrogen) atoms. The Balaban J connectivity index is 0.00000272. The molecule has 3 nitrogen and oxygen atoms in total. The maximum Gasteiger partial charge on any atom is 0.254 e. The van der Waals surface area contributed by atoms with Gasteiger partial charge in [-0.2, -0.15) is 0 Å². The Morgan fingerprint density at radius 2 is 1.68 bits per heavy atom. The third kappa shape index (κ3) is 5.79. The molecule has 1 heterocycles. The minimum Gasteiger partial charge on any atom is -0.339 e. The first kappa shape index (κ1) is 23.6. The predicted molar refractivity (Wildman–Crippen MR) is 132 cm³/mol. The van der Waals surface area contributed by atoms with Gasteiger partial charge in [0.25, 0.3) is 5.91 Å². The molecule has 0 spiro atoms. The van der Waals surface area contributed by atoms with Crippen LogP contribution in [0.25, 0.3) is 10.8 Å². The van der Waals surface area contributed by atoms with Gasteiger partial charge in [0.2, 0.25) is 0 Å². The van der Waals surface area contributed by atoms with Crippen LogP contribution in [0.1, 0.15) is 35.7 Å². The molecule has 1 aliphatic heterocycles. The van der Waals surface area contributed by atoms with Gasteiger partial charge in [-0.15, -0.1) is 12.4 Å². The van der Waals surface area contributed by atoms with Crippen LogP contribution >= 0.6 is 24.0 Å². The topological polar surface area (TPSA) is 23.6 Å². The van der Waals surface area contributed by atoms with Crippen LogP contribution in [0.2, 0.25) is 5.02 Å². The zero-order chi connectivity index (χ0) is 20.9. The molecule has 0 atom stereocenters. The highest BCUT2D eigenvalue weighted by Crippen LogP contribution is 2.24.